The van der Waals surface area contributed by atoms with Crippen LogP contribution in [0, 0.1) is 0 Å². The van der Waals surface area contributed by atoms with Crippen LogP contribution in [0.5, 0.6) is 5.88 Å². The molecule has 0 unspecified atom stereocenters. The number of benzene rings is 1. The lowest BCUT2D eigenvalue weighted by Crippen LogP contribution is -1.98. The zero-order chi connectivity index (χ0) is 11.0. The lowest BCUT2D eigenvalue weighted by Gasteiger charge is -2.04. The van der Waals surface area contributed by atoms with Gasteiger partial charge in [-0.15, -0.1) is 0 Å². The minimum absolute atomic E-state index is 0.0406. The van der Waals surface area contributed by atoms with Crippen LogP contribution in [0.25, 0.3) is 10.9 Å². The maximum Gasteiger partial charge on any atom is 0.336 e. The Morgan fingerprint density at radius 1 is 1.40 bits per heavy atom. The second-order valence-corrected chi connectivity index (χ2v) is 3.82. The molecule has 5 heteroatoms. The fourth-order valence-electron chi connectivity index (χ4n) is 1.38. The molecular weight excluding hydrogens is 262 g/mol. The number of rotatable bonds is 1. The average Bonchev–Trinajstić information content (AvgIpc) is 2.18. The summed E-state index contributed by atoms with van der Waals surface area (Å²) in [7, 11) is 0. The first-order valence-electron chi connectivity index (χ1n) is 4.11. The lowest BCUT2D eigenvalue weighted by atomic mass is 10.1. The van der Waals surface area contributed by atoms with Crippen LogP contribution < -0.4 is 0 Å². The quantitative estimate of drug-likeness (QED) is 0.833. The van der Waals surface area contributed by atoms with Gasteiger partial charge < -0.3 is 10.2 Å². The number of nitrogens with zero attached hydrogens (tertiary/aromatic N) is 1. The van der Waals surface area contributed by atoms with Crippen LogP contribution in [-0.2, 0) is 0 Å². The number of hydrogen-bond acceptors (Lipinski definition) is 3. The summed E-state index contributed by atoms with van der Waals surface area (Å²) in [5.74, 6) is -1.39. The summed E-state index contributed by atoms with van der Waals surface area (Å²) in [6, 6.07) is 6.24. The molecule has 0 aliphatic heterocycles. The zero-order valence-electron chi connectivity index (χ0n) is 7.44. The summed E-state index contributed by atoms with van der Waals surface area (Å²) in [5, 5.41) is 18.7. The molecule has 1 aromatic heterocycles. The molecule has 0 atom stereocenters. The van der Waals surface area contributed by atoms with E-state index in [1.807, 2.05) is 0 Å². The van der Waals surface area contributed by atoms with E-state index in [9.17, 15) is 9.90 Å². The Bertz CT molecular complexity index is 554. The molecule has 0 fully saturated rings. The Morgan fingerprint density at radius 2 is 2.13 bits per heavy atom. The van der Waals surface area contributed by atoms with Crippen LogP contribution in [-0.4, -0.2) is 21.2 Å². The van der Waals surface area contributed by atoms with E-state index in [4.69, 9.17) is 5.11 Å². The largest absolute Gasteiger partial charge is 0.493 e. The van der Waals surface area contributed by atoms with Gasteiger partial charge in [0.25, 0.3) is 0 Å². The third-order valence-corrected chi connectivity index (χ3v) is 2.65. The number of fused-ring (bicyclic) bond motifs is 1. The molecule has 2 rings (SSSR count). The minimum Gasteiger partial charge on any atom is -0.493 e. The Balaban J connectivity index is 2.92. The highest BCUT2D eigenvalue weighted by atomic mass is 79.9. The minimum atomic E-state index is -1.09. The molecule has 2 aromatic rings. The van der Waals surface area contributed by atoms with E-state index in [0.29, 0.717) is 15.4 Å². The van der Waals surface area contributed by atoms with Gasteiger partial charge in [-0.2, -0.15) is 0 Å². The number of aromatic nitrogens is 1. The summed E-state index contributed by atoms with van der Waals surface area (Å²) < 4.78 is 0.651. The van der Waals surface area contributed by atoms with Crippen LogP contribution in [0.15, 0.2) is 28.7 Å². The van der Waals surface area contributed by atoms with Gasteiger partial charge in [-0.3, -0.25) is 0 Å². The fourth-order valence-corrected chi connectivity index (χ4v) is 1.83. The highest BCUT2D eigenvalue weighted by Crippen LogP contribution is 2.27. The predicted molar refractivity (Wildman–Crippen MR) is 58.1 cm³/mol. The van der Waals surface area contributed by atoms with Crippen molar-refractivity contribution in [2.45, 2.75) is 0 Å². The van der Waals surface area contributed by atoms with E-state index in [1.165, 1.54) is 0 Å². The molecule has 1 heterocycles. The molecule has 0 saturated carbocycles. The van der Waals surface area contributed by atoms with Gasteiger partial charge in [-0.25, -0.2) is 9.78 Å². The smallest absolute Gasteiger partial charge is 0.336 e. The first-order chi connectivity index (χ1) is 7.09. The predicted octanol–water partition coefficient (Wildman–Crippen LogP) is 2.40. The lowest BCUT2D eigenvalue weighted by molar-refractivity contribution is 0.0698. The number of hydrogen-bond donors (Lipinski definition) is 2. The van der Waals surface area contributed by atoms with Gasteiger partial charge >= 0.3 is 5.97 Å². The van der Waals surface area contributed by atoms with Crippen molar-refractivity contribution in [3.8, 4) is 5.88 Å². The Labute approximate surface area is 93.3 Å². The first kappa shape index (κ1) is 9.92. The molecular formula is C10H6BrNO3. The van der Waals surface area contributed by atoms with Crippen molar-refractivity contribution >= 4 is 32.8 Å². The maximum atomic E-state index is 10.9. The highest BCUT2D eigenvalue weighted by Gasteiger charge is 2.12. The average molecular weight is 268 g/mol. The molecule has 0 aliphatic carbocycles. The van der Waals surface area contributed by atoms with Crippen molar-refractivity contribution in [2.75, 3.05) is 0 Å². The Morgan fingerprint density at radius 3 is 2.80 bits per heavy atom. The molecule has 15 heavy (non-hydrogen) atoms. The van der Waals surface area contributed by atoms with Crippen molar-refractivity contribution in [2.24, 2.45) is 0 Å². The van der Waals surface area contributed by atoms with Crippen molar-refractivity contribution in [1.82, 2.24) is 4.98 Å². The SMILES string of the molecule is O=C(O)c1cc(O)nc2c(Br)cccc12. The van der Waals surface area contributed by atoms with Gasteiger partial charge in [0.05, 0.1) is 11.1 Å². The van der Waals surface area contributed by atoms with Crippen molar-refractivity contribution in [3.63, 3.8) is 0 Å². The van der Waals surface area contributed by atoms with Crippen molar-refractivity contribution in [3.05, 3.63) is 34.3 Å². The molecule has 0 bridgehead atoms. The number of carboxylic acid groups (broad SMARTS) is 1. The summed E-state index contributed by atoms with van der Waals surface area (Å²) in [5.41, 5.74) is 0.480. The monoisotopic (exact) mass is 267 g/mol. The fraction of sp³-hybridized carbons (Fsp3) is 0. The van der Waals surface area contributed by atoms with Gasteiger partial charge in [0.2, 0.25) is 5.88 Å². The van der Waals surface area contributed by atoms with Gasteiger partial charge in [0.15, 0.2) is 0 Å². The molecule has 0 spiro atoms. The van der Waals surface area contributed by atoms with Crippen LogP contribution in [0.3, 0.4) is 0 Å². The number of carboxylic acids is 1. The van der Waals surface area contributed by atoms with Crippen molar-refractivity contribution in [1.29, 1.82) is 0 Å². The normalized spacial score (nSPS) is 10.5. The number of aromatic carboxylic acids is 1. The zero-order valence-corrected chi connectivity index (χ0v) is 9.02. The van der Waals surface area contributed by atoms with Crippen LogP contribution in [0.4, 0.5) is 0 Å². The number of carbonyl (C=O) groups is 1. The molecule has 2 N–H and O–H groups in total. The van der Waals surface area contributed by atoms with E-state index < -0.39 is 5.97 Å². The van der Waals surface area contributed by atoms with Gasteiger partial charge in [-0.1, -0.05) is 12.1 Å². The third kappa shape index (κ3) is 1.66. The van der Waals surface area contributed by atoms with Gasteiger partial charge in [-0.05, 0) is 22.0 Å². The van der Waals surface area contributed by atoms with E-state index in [0.717, 1.165) is 6.07 Å². The number of pyridine rings is 1. The van der Waals surface area contributed by atoms with Gasteiger partial charge in [0, 0.05) is 15.9 Å². The molecule has 0 amide bonds. The van der Waals surface area contributed by atoms with E-state index >= 15 is 0 Å². The molecule has 1 aromatic carbocycles. The summed E-state index contributed by atoms with van der Waals surface area (Å²) >= 11 is 3.25. The summed E-state index contributed by atoms with van der Waals surface area (Å²) in [6.07, 6.45) is 0. The van der Waals surface area contributed by atoms with Crippen LogP contribution in [0.2, 0.25) is 0 Å². The van der Waals surface area contributed by atoms with E-state index in [1.54, 1.807) is 18.2 Å². The number of halogens is 1. The van der Waals surface area contributed by atoms with Crippen molar-refractivity contribution < 1.29 is 15.0 Å². The van der Waals surface area contributed by atoms with Gasteiger partial charge in [0.1, 0.15) is 0 Å². The third-order valence-electron chi connectivity index (χ3n) is 2.01. The Hall–Kier alpha value is -1.62. The highest BCUT2D eigenvalue weighted by molar-refractivity contribution is 9.10. The molecule has 0 aliphatic rings. The Kier molecular flexibility index (Phi) is 2.32. The standard InChI is InChI=1S/C10H6BrNO3/c11-7-3-1-2-5-6(10(14)15)4-8(13)12-9(5)7/h1-4H,(H,12,13)(H,14,15). The van der Waals surface area contributed by atoms with Crippen LogP contribution in [0.1, 0.15) is 10.4 Å². The maximum absolute atomic E-state index is 10.9. The number of para-hydroxylation sites is 1. The molecule has 76 valence electrons. The first-order valence-corrected chi connectivity index (χ1v) is 4.90. The number of aromatic hydroxyl groups is 1. The van der Waals surface area contributed by atoms with E-state index in [-0.39, 0.29) is 11.4 Å². The topological polar surface area (TPSA) is 70.4 Å². The second kappa shape index (κ2) is 3.51. The van der Waals surface area contributed by atoms with E-state index in [2.05, 4.69) is 20.9 Å². The summed E-state index contributed by atoms with van der Waals surface area (Å²) in [6.45, 7) is 0. The molecule has 0 saturated heterocycles. The molecule has 4 nitrogen and oxygen atoms in total. The summed E-state index contributed by atoms with van der Waals surface area (Å²) in [4.78, 5) is 14.8. The van der Waals surface area contributed by atoms with Crippen LogP contribution >= 0.6 is 15.9 Å². The molecule has 0 radical (unpaired) electrons. The second-order valence-electron chi connectivity index (χ2n) is 2.97.